The summed E-state index contributed by atoms with van der Waals surface area (Å²) in [7, 11) is 0. The second kappa shape index (κ2) is 3.75. The van der Waals surface area contributed by atoms with Gasteiger partial charge in [-0.2, -0.15) is 0 Å². The van der Waals surface area contributed by atoms with E-state index in [2.05, 4.69) is 15.0 Å². The Balaban J connectivity index is 2.00. The zero-order valence-electron chi connectivity index (χ0n) is 9.00. The molecule has 3 rings (SSSR count). The Morgan fingerprint density at radius 1 is 1.25 bits per heavy atom. The van der Waals surface area contributed by atoms with Gasteiger partial charge in [0.05, 0.1) is 18.5 Å². The molecule has 0 saturated carbocycles. The molecule has 1 aliphatic heterocycles. The second-order valence-corrected chi connectivity index (χ2v) is 4.08. The minimum Gasteiger partial charge on any atom is -0.390 e. The van der Waals surface area contributed by atoms with Crippen molar-refractivity contribution in [3.05, 3.63) is 24.0 Å². The van der Waals surface area contributed by atoms with Crippen molar-refractivity contribution >= 4 is 11.5 Å². The topological polar surface area (TPSA) is 53.7 Å². The van der Waals surface area contributed by atoms with Crippen LogP contribution in [0.2, 0.25) is 0 Å². The summed E-state index contributed by atoms with van der Waals surface area (Å²) in [5, 5.41) is 13.5. The number of anilines is 1. The number of hydrogen-bond donors (Lipinski definition) is 1. The molecule has 5 nitrogen and oxygen atoms in total. The molecule has 0 aromatic carbocycles. The molecule has 0 radical (unpaired) electrons. The predicted molar refractivity (Wildman–Crippen MR) is 60.4 cm³/mol. The predicted octanol–water partition coefficient (Wildman–Crippen LogP) is 0.822. The fourth-order valence-corrected chi connectivity index (χ4v) is 2.11. The van der Waals surface area contributed by atoms with E-state index in [1.807, 2.05) is 12.1 Å². The average molecular weight is 218 g/mol. The van der Waals surface area contributed by atoms with Crippen molar-refractivity contribution in [2.45, 2.75) is 19.4 Å². The van der Waals surface area contributed by atoms with Gasteiger partial charge in [0.25, 0.3) is 0 Å². The summed E-state index contributed by atoms with van der Waals surface area (Å²) in [5.74, 6) is 0.992. The van der Waals surface area contributed by atoms with Crippen molar-refractivity contribution in [2.75, 3.05) is 18.0 Å². The van der Waals surface area contributed by atoms with Gasteiger partial charge in [-0.05, 0) is 25.0 Å². The SMILES string of the molecule is OCc1cn2nc(N3CCCC3)ccc2n1. The third-order valence-electron chi connectivity index (χ3n) is 2.95. The van der Waals surface area contributed by atoms with E-state index in [0.717, 1.165) is 24.6 Å². The van der Waals surface area contributed by atoms with Gasteiger partial charge >= 0.3 is 0 Å². The summed E-state index contributed by atoms with van der Waals surface area (Å²) in [4.78, 5) is 6.51. The zero-order valence-corrected chi connectivity index (χ0v) is 9.00. The number of aliphatic hydroxyl groups excluding tert-OH is 1. The van der Waals surface area contributed by atoms with E-state index in [1.54, 1.807) is 10.7 Å². The average Bonchev–Trinajstić information content (AvgIpc) is 2.96. The van der Waals surface area contributed by atoms with E-state index < -0.39 is 0 Å². The number of nitrogens with zero attached hydrogens (tertiary/aromatic N) is 4. The van der Waals surface area contributed by atoms with Crippen LogP contribution in [0.5, 0.6) is 0 Å². The Morgan fingerprint density at radius 3 is 2.81 bits per heavy atom. The summed E-state index contributed by atoms with van der Waals surface area (Å²) in [6.07, 6.45) is 4.26. The summed E-state index contributed by atoms with van der Waals surface area (Å²) in [6.45, 7) is 2.13. The molecule has 1 aliphatic rings. The van der Waals surface area contributed by atoms with E-state index >= 15 is 0 Å². The molecule has 16 heavy (non-hydrogen) atoms. The fourth-order valence-electron chi connectivity index (χ4n) is 2.11. The smallest absolute Gasteiger partial charge is 0.154 e. The summed E-state index contributed by atoms with van der Waals surface area (Å²) >= 11 is 0. The Kier molecular flexibility index (Phi) is 2.25. The van der Waals surface area contributed by atoms with Crippen molar-refractivity contribution in [3.8, 4) is 0 Å². The second-order valence-electron chi connectivity index (χ2n) is 4.08. The number of rotatable bonds is 2. The maximum Gasteiger partial charge on any atom is 0.154 e. The molecule has 0 unspecified atom stereocenters. The van der Waals surface area contributed by atoms with E-state index in [1.165, 1.54) is 12.8 Å². The monoisotopic (exact) mass is 218 g/mol. The maximum atomic E-state index is 9.01. The van der Waals surface area contributed by atoms with Crippen molar-refractivity contribution in [3.63, 3.8) is 0 Å². The van der Waals surface area contributed by atoms with Crippen LogP contribution in [-0.4, -0.2) is 32.8 Å². The van der Waals surface area contributed by atoms with Crippen molar-refractivity contribution in [2.24, 2.45) is 0 Å². The van der Waals surface area contributed by atoms with Gasteiger partial charge in [0.2, 0.25) is 0 Å². The quantitative estimate of drug-likeness (QED) is 0.811. The standard InChI is InChI=1S/C11H14N4O/c16-8-9-7-15-10(12-9)3-4-11(13-15)14-5-1-2-6-14/h3-4,7,16H,1-2,5-6,8H2. The van der Waals surface area contributed by atoms with E-state index in [4.69, 9.17) is 5.11 Å². The molecule has 0 bridgehead atoms. The van der Waals surface area contributed by atoms with Crippen LogP contribution in [0.1, 0.15) is 18.5 Å². The third kappa shape index (κ3) is 1.53. The Bertz CT molecular complexity index is 502. The molecule has 84 valence electrons. The first kappa shape index (κ1) is 9.59. The van der Waals surface area contributed by atoms with Gasteiger partial charge < -0.3 is 10.0 Å². The zero-order chi connectivity index (χ0) is 11.0. The summed E-state index contributed by atoms with van der Waals surface area (Å²) in [6, 6.07) is 3.94. The highest BCUT2D eigenvalue weighted by molar-refractivity contribution is 5.47. The Morgan fingerprint density at radius 2 is 2.06 bits per heavy atom. The normalized spacial score (nSPS) is 16.2. The third-order valence-corrected chi connectivity index (χ3v) is 2.95. The lowest BCUT2D eigenvalue weighted by molar-refractivity contribution is 0.277. The van der Waals surface area contributed by atoms with E-state index in [0.29, 0.717) is 5.69 Å². The highest BCUT2D eigenvalue weighted by Crippen LogP contribution is 2.17. The molecule has 0 atom stereocenters. The van der Waals surface area contributed by atoms with Crippen LogP contribution < -0.4 is 4.90 Å². The van der Waals surface area contributed by atoms with Gasteiger partial charge in [-0.1, -0.05) is 0 Å². The minimum atomic E-state index is -0.0393. The van der Waals surface area contributed by atoms with E-state index in [9.17, 15) is 0 Å². The Labute approximate surface area is 93.3 Å². The number of aliphatic hydroxyl groups is 1. The van der Waals surface area contributed by atoms with Crippen molar-refractivity contribution in [1.29, 1.82) is 0 Å². The lowest BCUT2D eigenvalue weighted by Crippen LogP contribution is -2.19. The maximum absolute atomic E-state index is 9.01. The first-order valence-corrected chi connectivity index (χ1v) is 5.58. The number of hydrogen-bond acceptors (Lipinski definition) is 4. The molecule has 1 N–H and O–H groups in total. The Hall–Kier alpha value is -1.62. The molecular formula is C11H14N4O. The largest absolute Gasteiger partial charge is 0.390 e. The van der Waals surface area contributed by atoms with Gasteiger partial charge in [-0.15, -0.1) is 5.10 Å². The van der Waals surface area contributed by atoms with Crippen LogP contribution in [0.25, 0.3) is 5.65 Å². The fraction of sp³-hybridized carbons (Fsp3) is 0.455. The number of imidazole rings is 1. The van der Waals surface area contributed by atoms with Crippen molar-refractivity contribution in [1.82, 2.24) is 14.6 Å². The highest BCUT2D eigenvalue weighted by Gasteiger charge is 2.14. The molecular weight excluding hydrogens is 204 g/mol. The first-order valence-electron chi connectivity index (χ1n) is 5.58. The van der Waals surface area contributed by atoms with Gasteiger partial charge in [0.15, 0.2) is 5.65 Å². The summed E-state index contributed by atoms with van der Waals surface area (Å²) in [5.41, 5.74) is 1.44. The van der Waals surface area contributed by atoms with Crippen molar-refractivity contribution < 1.29 is 5.11 Å². The van der Waals surface area contributed by atoms with E-state index in [-0.39, 0.29) is 6.61 Å². The molecule has 0 aliphatic carbocycles. The van der Waals surface area contributed by atoms with Gasteiger partial charge in [0, 0.05) is 13.1 Å². The van der Waals surface area contributed by atoms with Crippen LogP contribution in [0, 0.1) is 0 Å². The molecule has 0 spiro atoms. The van der Waals surface area contributed by atoms with Crippen LogP contribution in [0.4, 0.5) is 5.82 Å². The number of aromatic nitrogens is 3. The highest BCUT2D eigenvalue weighted by atomic mass is 16.3. The summed E-state index contributed by atoms with van der Waals surface area (Å²) < 4.78 is 1.74. The van der Waals surface area contributed by atoms with Gasteiger partial charge in [0.1, 0.15) is 5.82 Å². The lowest BCUT2D eigenvalue weighted by Gasteiger charge is -2.15. The molecule has 3 heterocycles. The molecule has 2 aromatic rings. The molecule has 0 amide bonds. The number of fused-ring (bicyclic) bond motifs is 1. The molecule has 5 heteroatoms. The minimum absolute atomic E-state index is 0.0393. The first-order chi connectivity index (χ1) is 7.86. The molecule has 2 aromatic heterocycles. The van der Waals surface area contributed by atoms with Gasteiger partial charge in [-0.3, -0.25) is 0 Å². The van der Waals surface area contributed by atoms with Crippen LogP contribution in [-0.2, 0) is 6.61 Å². The molecule has 1 fully saturated rings. The lowest BCUT2D eigenvalue weighted by atomic mass is 10.4. The van der Waals surface area contributed by atoms with Crippen LogP contribution in [0.15, 0.2) is 18.3 Å². The van der Waals surface area contributed by atoms with Crippen LogP contribution >= 0.6 is 0 Å². The van der Waals surface area contributed by atoms with Crippen LogP contribution in [0.3, 0.4) is 0 Å². The van der Waals surface area contributed by atoms with Gasteiger partial charge in [-0.25, -0.2) is 9.50 Å². The molecule has 1 saturated heterocycles.